The van der Waals surface area contributed by atoms with E-state index in [1.807, 2.05) is 0 Å². The van der Waals surface area contributed by atoms with Crippen molar-refractivity contribution >= 4 is 5.82 Å². The van der Waals surface area contributed by atoms with Gasteiger partial charge in [-0.05, 0) is 56.4 Å². The summed E-state index contributed by atoms with van der Waals surface area (Å²) in [4.78, 5) is 2.15. The zero-order valence-electron chi connectivity index (χ0n) is 14.8. The first-order chi connectivity index (χ1) is 12.7. The van der Waals surface area contributed by atoms with Gasteiger partial charge < -0.3 is 15.1 Å². The Hall–Kier alpha value is -2.35. The normalized spacial score (nSPS) is 22.3. The van der Waals surface area contributed by atoms with Crippen molar-refractivity contribution in [1.29, 1.82) is 0 Å². The van der Waals surface area contributed by atoms with Crippen LogP contribution in [-0.2, 0) is 12.6 Å². The predicted octanol–water partition coefficient (Wildman–Crippen LogP) is 3.45. The van der Waals surface area contributed by atoms with Gasteiger partial charge in [0, 0.05) is 23.7 Å². The molecule has 0 amide bonds. The summed E-state index contributed by atoms with van der Waals surface area (Å²) in [6.07, 6.45) is -1.65. The van der Waals surface area contributed by atoms with Crippen LogP contribution in [-0.4, -0.2) is 39.1 Å². The zero-order valence-corrected chi connectivity index (χ0v) is 14.8. The van der Waals surface area contributed by atoms with Crippen LogP contribution in [0.3, 0.4) is 0 Å². The van der Waals surface area contributed by atoms with Crippen molar-refractivity contribution in [2.75, 3.05) is 11.4 Å². The number of aromatic hydroxyl groups is 1. The summed E-state index contributed by atoms with van der Waals surface area (Å²) in [7, 11) is 0. The Bertz CT molecular complexity index is 862. The van der Waals surface area contributed by atoms with E-state index in [1.165, 1.54) is 6.92 Å². The standard InChI is InChI=1S/C19H20F3N3O2/c1-10-6-12(19(20,21)22)8-16(27)17(10)15-7-11-4-5-25(18(11)24-23-15)13-2-3-14(26)9-13/h6-8,13-14,26-27H,2-5,9H2,1H3/t13-,14-/m1/s1. The fraction of sp³-hybridized carbons (Fsp3) is 0.474. The Morgan fingerprint density at radius 2 is 1.93 bits per heavy atom. The third kappa shape index (κ3) is 3.22. The first-order valence-corrected chi connectivity index (χ1v) is 8.96. The van der Waals surface area contributed by atoms with Crippen molar-refractivity contribution in [2.24, 2.45) is 0 Å². The lowest BCUT2D eigenvalue weighted by Gasteiger charge is -2.25. The van der Waals surface area contributed by atoms with Crippen molar-refractivity contribution in [3.63, 3.8) is 0 Å². The van der Waals surface area contributed by atoms with Gasteiger partial charge in [-0.25, -0.2) is 0 Å². The van der Waals surface area contributed by atoms with Gasteiger partial charge in [-0.3, -0.25) is 0 Å². The van der Waals surface area contributed by atoms with Gasteiger partial charge in [0.15, 0.2) is 5.82 Å². The molecule has 1 saturated carbocycles. The first-order valence-electron chi connectivity index (χ1n) is 8.96. The second kappa shape index (κ2) is 6.37. The number of alkyl halides is 3. The van der Waals surface area contributed by atoms with Crippen LogP contribution in [0.4, 0.5) is 19.0 Å². The van der Waals surface area contributed by atoms with Gasteiger partial charge in [-0.2, -0.15) is 13.2 Å². The van der Waals surface area contributed by atoms with Crippen molar-refractivity contribution in [3.8, 4) is 17.0 Å². The predicted molar refractivity (Wildman–Crippen MR) is 93.6 cm³/mol. The molecule has 2 aliphatic rings. The number of hydrogen-bond acceptors (Lipinski definition) is 5. The van der Waals surface area contributed by atoms with Crippen LogP contribution >= 0.6 is 0 Å². The molecule has 2 atom stereocenters. The SMILES string of the molecule is Cc1cc(C(F)(F)F)cc(O)c1-c1cc2c(nn1)N([C@@H]1CC[C@@H](O)C1)CC2. The maximum Gasteiger partial charge on any atom is 0.416 e. The van der Waals surface area contributed by atoms with E-state index >= 15 is 0 Å². The molecule has 0 radical (unpaired) electrons. The highest BCUT2D eigenvalue weighted by Gasteiger charge is 2.34. The smallest absolute Gasteiger partial charge is 0.416 e. The monoisotopic (exact) mass is 379 g/mol. The largest absolute Gasteiger partial charge is 0.507 e. The average molecular weight is 379 g/mol. The molecule has 144 valence electrons. The second-order valence-electron chi connectivity index (χ2n) is 7.33. The number of anilines is 1. The van der Waals surface area contributed by atoms with E-state index in [0.29, 0.717) is 17.7 Å². The van der Waals surface area contributed by atoms with Gasteiger partial charge in [-0.15, -0.1) is 10.2 Å². The molecule has 8 heteroatoms. The van der Waals surface area contributed by atoms with Gasteiger partial charge in [-0.1, -0.05) is 0 Å². The topological polar surface area (TPSA) is 69.5 Å². The lowest BCUT2D eigenvalue weighted by atomic mass is 9.99. The van der Waals surface area contributed by atoms with Gasteiger partial charge in [0.05, 0.1) is 17.4 Å². The number of nitrogens with zero attached hydrogens (tertiary/aromatic N) is 3. The first kappa shape index (κ1) is 18.0. The van der Waals surface area contributed by atoms with E-state index in [2.05, 4.69) is 15.1 Å². The molecule has 1 aliphatic heterocycles. The third-order valence-electron chi connectivity index (χ3n) is 5.46. The number of aliphatic hydroxyl groups excluding tert-OH is 1. The fourth-order valence-electron chi connectivity index (χ4n) is 4.16. The van der Waals surface area contributed by atoms with Gasteiger partial charge >= 0.3 is 6.18 Å². The second-order valence-corrected chi connectivity index (χ2v) is 7.33. The Morgan fingerprint density at radius 3 is 2.56 bits per heavy atom. The molecule has 2 heterocycles. The van der Waals surface area contributed by atoms with E-state index < -0.39 is 17.5 Å². The van der Waals surface area contributed by atoms with Crippen molar-refractivity contribution in [2.45, 2.75) is 50.9 Å². The minimum Gasteiger partial charge on any atom is -0.507 e. The fourth-order valence-corrected chi connectivity index (χ4v) is 4.16. The Kier molecular flexibility index (Phi) is 4.25. The van der Waals surface area contributed by atoms with E-state index in [-0.39, 0.29) is 17.7 Å². The Labute approximate surface area is 154 Å². The van der Waals surface area contributed by atoms with E-state index in [4.69, 9.17) is 0 Å². The van der Waals surface area contributed by atoms with Crippen molar-refractivity contribution in [1.82, 2.24) is 10.2 Å². The number of halogens is 3. The quantitative estimate of drug-likeness (QED) is 0.837. The summed E-state index contributed by atoms with van der Waals surface area (Å²) < 4.78 is 38.8. The molecular formula is C19H20F3N3O2. The highest BCUT2D eigenvalue weighted by Crippen LogP contribution is 2.40. The maximum atomic E-state index is 12.9. The molecule has 4 rings (SSSR count). The average Bonchev–Trinajstić information content (AvgIpc) is 3.18. The number of aromatic nitrogens is 2. The molecule has 0 unspecified atom stereocenters. The molecule has 0 bridgehead atoms. The molecule has 2 aromatic rings. The molecule has 5 nitrogen and oxygen atoms in total. The van der Waals surface area contributed by atoms with Crippen LogP contribution < -0.4 is 4.90 Å². The zero-order chi connectivity index (χ0) is 19.3. The minimum absolute atomic E-state index is 0.239. The van der Waals surface area contributed by atoms with E-state index in [0.717, 1.165) is 49.3 Å². The molecule has 1 aliphatic carbocycles. The molecule has 27 heavy (non-hydrogen) atoms. The molecular weight excluding hydrogens is 359 g/mol. The summed E-state index contributed by atoms with van der Waals surface area (Å²) in [6.45, 7) is 2.30. The van der Waals surface area contributed by atoms with E-state index in [1.54, 1.807) is 6.07 Å². The number of aryl methyl sites for hydroxylation is 1. The number of rotatable bonds is 2. The number of hydrogen-bond donors (Lipinski definition) is 2. The molecule has 1 aromatic carbocycles. The third-order valence-corrected chi connectivity index (χ3v) is 5.46. The number of phenolic OH excluding ortho intramolecular Hbond substituents is 1. The van der Waals surface area contributed by atoms with Crippen LogP contribution in [0.5, 0.6) is 5.75 Å². The summed E-state index contributed by atoms with van der Waals surface area (Å²) >= 11 is 0. The molecule has 1 aromatic heterocycles. The van der Waals surface area contributed by atoms with Crippen LogP contribution in [0.1, 0.15) is 36.0 Å². The number of phenols is 1. The summed E-state index contributed by atoms with van der Waals surface area (Å²) in [5, 5.41) is 28.4. The highest BCUT2D eigenvalue weighted by atomic mass is 19.4. The molecule has 0 spiro atoms. The highest BCUT2D eigenvalue weighted by molar-refractivity contribution is 5.73. The van der Waals surface area contributed by atoms with Crippen LogP contribution in [0.15, 0.2) is 18.2 Å². The Morgan fingerprint density at radius 1 is 1.15 bits per heavy atom. The van der Waals surface area contributed by atoms with Crippen LogP contribution in [0, 0.1) is 6.92 Å². The van der Waals surface area contributed by atoms with Crippen LogP contribution in [0.25, 0.3) is 11.3 Å². The Balaban J connectivity index is 1.67. The van der Waals surface area contributed by atoms with Gasteiger partial charge in [0.2, 0.25) is 0 Å². The summed E-state index contributed by atoms with van der Waals surface area (Å²) in [5.41, 5.74) is 1.01. The summed E-state index contributed by atoms with van der Waals surface area (Å²) in [5.74, 6) is 0.312. The molecule has 0 saturated heterocycles. The molecule has 2 N–H and O–H groups in total. The lowest BCUT2D eigenvalue weighted by molar-refractivity contribution is -0.137. The van der Waals surface area contributed by atoms with Gasteiger partial charge in [0.1, 0.15) is 5.75 Å². The van der Waals surface area contributed by atoms with Crippen molar-refractivity contribution in [3.05, 3.63) is 34.9 Å². The summed E-state index contributed by atoms with van der Waals surface area (Å²) in [6, 6.07) is 3.77. The molecule has 1 fully saturated rings. The number of aliphatic hydroxyl groups is 1. The van der Waals surface area contributed by atoms with E-state index in [9.17, 15) is 23.4 Å². The number of fused-ring (bicyclic) bond motifs is 1. The van der Waals surface area contributed by atoms with Crippen LogP contribution in [0.2, 0.25) is 0 Å². The minimum atomic E-state index is -4.52. The van der Waals surface area contributed by atoms with Gasteiger partial charge in [0.25, 0.3) is 0 Å². The lowest BCUT2D eigenvalue weighted by Crippen LogP contribution is -2.32. The number of benzene rings is 1. The van der Waals surface area contributed by atoms with Crippen molar-refractivity contribution < 1.29 is 23.4 Å². The maximum absolute atomic E-state index is 12.9.